The number of esters is 1. The molecule has 1 aromatic rings. The van der Waals surface area contributed by atoms with Gasteiger partial charge in [0.25, 0.3) is 5.91 Å². The minimum absolute atomic E-state index is 0.0663. The number of hydrogen-bond acceptors (Lipinski definition) is 5. The lowest BCUT2D eigenvalue weighted by molar-refractivity contribution is -0.159. The van der Waals surface area contributed by atoms with E-state index in [1.54, 1.807) is 18.2 Å². The molecule has 1 aromatic carbocycles. The number of ether oxygens (including phenoxy) is 3. The highest BCUT2D eigenvalue weighted by Gasteiger charge is 2.55. The molecular formula is C15H17NO5. The zero-order valence-electron chi connectivity index (χ0n) is 12.0. The van der Waals surface area contributed by atoms with Gasteiger partial charge in [-0.25, -0.2) is 4.79 Å². The zero-order valence-corrected chi connectivity index (χ0v) is 12.0. The van der Waals surface area contributed by atoms with Gasteiger partial charge in [-0.05, 0) is 25.1 Å². The second kappa shape index (κ2) is 5.04. The summed E-state index contributed by atoms with van der Waals surface area (Å²) in [5.41, 5.74) is 0.0323. The van der Waals surface area contributed by atoms with Gasteiger partial charge in [-0.15, -0.1) is 0 Å². The second-order valence-electron chi connectivity index (χ2n) is 5.24. The first kappa shape index (κ1) is 13.9. The van der Waals surface area contributed by atoms with E-state index in [0.29, 0.717) is 36.4 Å². The highest BCUT2D eigenvalue weighted by atomic mass is 16.5. The fourth-order valence-corrected chi connectivity index (χ4v) is 2.75. The molecule has 112 valence electrons. The van der Waals surface area contributed by atoms with Gasteiger partial charge in [0.15, 0.2) is 5.60 Å². The highest BCUT2D eigenvalue weighted by molar-refractivity contribution is 6.03. The van der Waals surface area contributed by atoms with Crippen LogP contribution in [0.3, 0.4) is 0 Å². The summed E-state index contributed by atoms with van der Waals surface area (Å²) >= 11 is 0. The molecule has 0 bridgehead atoms. The van der Waals surface area contributed by atoms with E-state index in [4.69, 9.17) is 9.47 Å². The Morgan fingerprint density at radius 3 is 2.90 bits per heavy atom. The van der Waals surface area contributed by atoms with Crippen molar-refractivity contribution >= 4 is 17.6 Å². The molecule has 0 saturated heterocycles. The van der Waals surface area contributed by atoms with Crippen LogP contribution in [0, 0.1) is 0 Å². The fourth-order valence-electron chi connectivity index (χ4n) is 2.75. The van der Waals surface area contributed by atoms with Gasteiger partial charge in [0.05, 0.1) is 24.5 Å². The topological polar surface area (TPSA) is 73.9 Å². The normalized spacial score (nSPS) is 26.4. The van der Waals surface area contributed by atoms with Crippen LogP contribution in [0.5, 0.6) is 5.75 Å². The molecule has 0 aromatic heterocycles. The van der Waals surface area contributed by atoms with E-state index in [1.165, 1.54) is 7.11 Å². The van der Waals surface area contributed by atoms with Gasteiger partial charge in [-0.1, -0.05) is 0 Å². The summed E-state index contributed by atoms with van der Waals surface area (Å²) in [6.45, 7) is 2.55. The van der Waals surface area contributed by atoms with Gasteiger partial charge in [0, 0.05) is 19.4 Å². The van der Waals surface area contributed by atoms with Crippen LogP contribution in [0.4, 0.5) is 5.69 Å². The van der Waals surface area contributed by atoms with E-state index in [2.05, 4.69) is 10.1 Å². The third-order valence-electron chi connectivity index (χ3n) is 3.89. The summed E-state index contributed by atoms with van der Waals surface area (Å²) in [4.78, 5) is 23.8. The van der Waals surface area contributed by atoms with Crippen molar-refractivity contribution in [2.75, 3.05) is 19.0 Å². The maximum Gasteiger partial charge on any atom is 0.337 e. The van der Waals surface area contributed by atoms with Crippen molar-refractivity contribution in [2.24, 2.45) is 0 Å². The first-order valence-corrected chi connectivity index (χ1v) is 6.92. The third-order valence-corrected chi connectivity index (χ3v) is 3.89. The summed E-state index contributed by atoms with van der Waals surface area (Å²) in [7, 11) is 1.31. The van der Waals surface area contributed by atoms with Gasteiger partial charge in [0.1, 0.15) is 5.75 Å². The average Bonchev–Trinajstić information content (AvgIpc) is 2.45. The molecule has 1 saturated carbocycles. The average molecular weight is 291 g/mol. The molecule has 1 aliphatic carbocycles. The molecule has 0 atom stereocenters. The SMILES string of the molecule is CCOC1CC2(C1)Oc1ccc(C(=O)OC)cc1NC2=O. The van der Waals surface area contributed by atoms with Crippen molar-refractivity contribution in [1.82, 2.24) is 0 Å². The fraction of sp³-hybridized carbons (Fsp3) is 0.467. The van der Waals surface area contributed by atoms with Gasteiger partial charge in [0.2, 0.25) is 0 Å². The van der Waals surface area contributed by atoms with Crippen molar-refractivity contribution in [1.29, 1.82) is 0 Å². The Morgan fingerprint density at radius 2 is 2.24 bits per heavy atom. The van der Waals surface area contributed by atoms with Crippen LogP contribution >= 0.6 is 0 Å². The number of rotatable bonds is 3. The van der Waals surface area contributed by atoms with Crippen molar-refractivity contribution in [2.45, 2.75) is 31.5 Å². The quantitative estimate of drug-likeness (QED) is 0.859. The molecule has 6 nitrogen and oxygen atoms in total. The third kappa shape index (κ3) is 2.25. The number of carbonyl (C=O) groups excluding carboxylic acids is 2. The van der Waals surface area contributed by atoms with Crippen LogP contribution in [0.1, 0.15) is 30.1 Å². The van der Waals surface area contributed by atoms with E-state index in [0.717, 1.165) is 0 Å². The van der Waals surface area contributed by atoms with Gasteiger partial charge >= 0.3 is 5.97 Å². The van der Waals surface area contributed by atoms with Gasteiger partial charge < -0.3 is 19.5 Å². The number of anilines is 1. The van der Waals surface area contributed by atoms with E-state index in [9.17, 15) is 9.59 Å². The Labute approximate surface area is 122 Å². The van der Waals surface area contributed by atoms with E-state index in [1.807, 2.05) is 6.92 Å². The molecule has 1 fully saturated rings. The number of methoxy groups -OCH3 is 1. The molecular weight excluding hydrogens is 274 g/mol. The Bertz CT molecular complexity index is 592. The maximum atomic E-state index is 12.3. The Kier molecular flexibility index (Phi) is 3.33. The van der Waals surface area contributed by atoms with Crippen molar-refractivity contribution in [3.05, 3.63) is 23.8 Å². The van der Waals surface area contributed by atoms with Crippen molar-refractivity contribution in [3.8, 4) is 5.75 Å². The van der Waals surface area contributed by atoms with Gasteiger partial charge in [-0.2, -0.15) is 0 Å². The molecule has 1 amide bonds. The largest absolute Gasteiger partial charge is 0.475 e. The summed E-state index contributed by atoms with van der Waals surface area (Å²) in [5, 5.41) is 2.81. The Hall–Kier alpha value is -2.08. The first-order chi connectivity index (χ1) is 10.1. The molecule has 0 radical (unpaired) electrons. The predicted octanol–water partition coefficient (Wildman–Crippen LogP) is 1.74. The second-order valence-corrected chi connectivity index (χ2v) is 5.24. The molecule has 6 heteroatoms. The standard InChI is InChI=1S/C15H17NO5/c1-3-20-10-7-15(8-10)14(18)16-11-6-9(13(17)19-2)4-5-12(11)21-15/h4-6,10H,3,7-8H2,1-2H3,(H,16,18). The lowest BCUT2D eigenvalue weighted by Crippen LogP contribution is -2.61. The van der Waals surface area contributed by atoms with Crippen LogP contribution in [-0.4, -0.2) is 37.3 Å². The predicted molar refractivity (Wildman–Crippen MR) is 74.4 cm³/mol. The molecule has 21 heavy (non-hydrogen) atoms. The molecule has 1 aliphatic heterocycles. The van der Waals surface area contributed by atoms with Crippen molar-refractivity contribution < 1.29 is 23.8 Å². The summed E-state index contributed by atoms with van der Waals surface area (Å²) in [5.74, 6) is -0.0717. The smallest absolute Gasteiger partial charge is 0.337 e. The molecule has 1 spiro atoms. The number of fused-ring (bicyclic) bond motifs is 1. The summed E-state index contributed by atoms with van der Waals surface area (Å²) in [6, 6.07) is 4.86. The van der Waals surface area contributed by atoms with Gasteiger partial charge in [-0.3, -0.25) is 4.79 Å². The molecule has 1 N–H and O–H groups in total. The van der Waals surface area contributed by atoms with E-state index in [-0.39, 0.29) is 12.0 Å². The first-order valence-electron chi connectivity index (χ1n) is 6.92. The van der Waals surface area contributed by atoms with E-state index < -0.39 is 11.6 Å². The molecule has 2 aliphatic rings. The number of amides is 1. The molecule has 1 heterocycles. The maximum absolute atomic E-state index is 12.3. The van der Waals surface area contributed by atoms with Crippen LogP contribution in [0.15, 0.2) is 18.2 Å². The van der Waals surface area contributed by atoms with Crippen LogP contribution in [0.2, 0.25) is 0 Å². The minimum atomic E-state index is -0.834. The Balaban J connectivity index is 1.80. The highest BCUT2D eigenvalue weighted by Crippen LogP contribution is 2.45. The number of carbonyl (C=O) groups is 2. The van der Waals surface area contributed by atoms with Crippen molar-refractivity contribution in [3.63, 3.8) is 0 Å². The molecule has 0 unspecified atom stereocenters. The van der Waals surface area contributed by atoms with Crippen LogP contribution < -0.4 is 10.1 Å². The molecule has 3 rings (SSSR count). The summed E-state index contributed by atoms with van der Waals surface area (Å²) < 4.78 is 16.0. The van der Waals surface area contributed by atoms with E-state index >= 15 is 0 Å². The zero-order chi connectivity index (χ0) is 15.0. The summed E-state index contributed by atoms with van der Waals surface area (Å²) in [6.07, 6.45) is 1.16. The number of benzene rings is 1. The van der Waals surface area contributed by atoms with Crippen LogP contribution in [0.25, 0.3) is 0 Å². The Morgan fingerprint density at radius 1 is 1.48 bits per heavy atom. The lowest BCUT2D eigenvalue weighted by Gasteiger charge is -2.47. The number of hydrogen-bond donors (Lipinski definition) is 1. The van der Waals surface area contributed by atoms with Crippen LogP contribution in [-0.2, 0) is 14.3 Å². The number of nitrogens with one attached hydrogen (secondary N) is 1. The monoisotopic (exact) mass is 291 g/mol. The minimum Gasteiger partial charge on any atom is -0.475 e. The lowest BCUT2D eigenvalue weighted by atomic mass is 9.75.